The Kier molecular flexibility index (Phi) is 24.1. The fourth-order valence-electron chi connectivity index (χ4n) is 13.8. The molecule has 1 aliphatic carbocycles. The van der Waals surface area contributed by atoms with Crippen LogP contribution in [0, 0.1) is 0 Å². The molecule has 0 radical (unpaired) electrons. The van der Waals surface area contributed by atoms with E-state index < -0.39 is 0 Å². The smallest absolute Gasteiger partial charge is 0.0463 e. The van der Waals surface area contributed by atoms with E-state index in [1.807, 2.05) is 0 Å². The molecule has 0 saturated carbocycles. The first-order valence-electron chi connectivity index (χ1n) is 34.3. The molecule has 0 heterocycles. The van der Waals surface area contributed by atoms with Crippen molar-refractivity contribution in [3.63, 3.8) is 0 Å². The second kappa shape index (κ2) is 31.5. The van der Waals surface area contributed by atoms with Crippen LogP contribution in [0.2, 0.25) is 0 Å². The molecule has 84 heavy (non-hydrogen) atoms. The second-order valence-electron chi connectivity index (χ2n) is 26.8. The van der Waals surface area contributed by atoms with Crippen LogP contribution in [0.15, 0.2) is 158 Å². The van der Waals surface area contributed by atoms with Crippen molar-refractivity contribution < 1.29 is 0 Å². The molecule has 0 aliphatic heterocycles. The van der Waals surface area contributed by atoms with Crippen LogP contribution in [-0.2, 0) is 29.1 Å². The van der Waals surface area contributed by atoms with Gasteiger partial charge in [-0.1, -0.05) is 270 Å². The van der Waals surface area contributed by atoms with Gasteiger partial charge in [-0.05, 0) is 197 Å². The number of hydrogen-bond acceptors (Lipinski definition) is 2. The topological polar surface area (TPSA) is 6.48 Å². The van der Waals surface area contributed by atoms with Crippen LogP contribution in [0.3, 0.4) is 0 Å². The highest BCUT2D eigenvalue weighted by Crippen LogP contribution is 2.56. The van der Waals surface area contributed by atoms with Crippen LogP contribution >= 0.6 is 0 Å². The lowest BCUT2D eigenvalue weighted by molar-refractivity contribution is 0.396. The van der Waals surface area contributed by atoms with E-state index in [9.17, 15) is 0 Å². The average Bonchev–Trinajstić information content (AvgIpc) is 1.79. The lowest BCUT2D eigenvalue weighted by Crippen LogP contribution is -2.27. The molecule has 7 aromatic rings. The molecule has 0 fully saturated rings. The van der Waals surface area contributed by atoms with Crippen molar-refractivity contribution in [1.82, 2.24) is 0 Å². The minimum absolute atomic E-state index is 0.0150. The number of anilines is 6. The van der Waals surface area contributed by atoms with Crippen molar-refractivity contribution in [2.45, 2.75) is 259 Å². The first kappa shape index (κ1) is 64.1. The van der Waals surface area contributed by atoms with Crippen LogP contribution in [0.5, 0.6) is 0 Å². The molecule has 0 spiro atoms. The van der Waals surface area contributed by atoms with Crippen LogP contribution in [0.25, 0.3) is 22.3 Å². The Labute approximate surface area is 513 Å². The van der Waals surface area contributed by atoms with E-state index in [1.54, 1.807) is 11.1 Å². The summed E-state index contributed by atoms with van der Waals surface area (Å²) in [5.74, 6) is 0. The van der Waals surface area contributed by atoms with Crippen LogP contribution in [0.1, 0.15) is 263 Å². The van der Waals surface area contributed by atoms with Gasteiger partial charge in [0, 0.05) is 39.5 Å². The molecule has 0 aromatic heterocycles. The minimum Gasteiger partial charge on any atom is -0.311 e. The zero-order valence-corrected chi connectivity index (χ0v) is 54.5. The maximum absolute atomic E-state index is 2.71. The van der Waals surface area contributed by atoms with Crippen LogP contribution < -0.4 is 9.80 Å². The minimum atomic E-state index is 0.0150. The summed E-state index contributed by atoms with van der Waals surface area (Å²) >= 11 is 0. The number of unbranched alkanes of at least 4 members (excludes halogenated alkanes) is 15. The Bertz CT molecular complexity index is 3010. The first-order chi connectivity index (χ1) is 40.9. The molecule has 1 aliphatic rings. The summed E-state index contributed by atoms with van der Waals surface area (Å²) in [7, 11) is 0. The molecule has 0 amide bonds. The third-order valence-corrected chi connectivity index (χ3v) is 19.4. The normalized spacial score (nSPS) is 12.8. The number of nitrogens with zero attached hydrogens (tertiary/aromatic N) is 2. The quantitative estimate of drug-likeness (QED) is 0.0361. The van der Waals surface area contributed by atoms with Crippen LogP contribution in [0.4, 0.5) is 34.1 Å². The van der Waals surface area contributed by atoms with Gasteiger partial charge in [-0.15, -0.1) is 0 Å². The largest absolute Gasteiger partial charge is 0.311 e. The third kappa shape index (κ3) is 16.2. The zero-order valence-electron chi connectivity index (χ0n) is 54.5. The molecular formula is C82H110N2. The molecule has 7 aromatic carbocycles. The standard InChI is InChI=1S/C82H110N2/c1-11-17-23-25-27-30-60-82(61-31-28-26-24-18-12-2)78-62-67(40-56-76(78)77-57-43-69(63-79(77)82)81(9,10)58-22-16-6)66-38-48-72(49-39-66)83(70-44-34-64(35-45-70)32-20-14-4)74-52-54-75(55-53-74)84(71-46-36-65(37-47-71)33-21-15-5)73-50-41-68(42-51-73)80(7,8)59-29-19-13-3/h34-57,62-63H,11-33,58-61H2,1-10H3. The van der Waals surface area contributed by atoms with Gasteiger partial charge in [0.25, 0.3) is 0 Å². The lowest BCUT2D eigenvalue weighted by atomic mass is 9.69. The Hall–Kier alpha value is -5.86. The van der Waals surface area contributed by atoms with E-state index >= 15 is 0 Å². The molecule has 2 nitrogen and oxygen atoms in total. The van der Waals surface area contributed by atoms with Gasteiger partial charge < -0.3 is 9.80 Å². The Morgan fingerprint density at radius 2 is 0.631 bits per heavy atom. The van der Waals surface area contributed by atoms with E-state index in [4.69, 9.17) is 0 Å². The summed E-state index contributed by atoms with van der Waals surface area (Å²) in [4.78, 5) is 4.91. The van der Waals surface area contributed by atoms with Gasteiger partial charge in [0.15, 0.2) is 0 Å². The van der Waals surface area contributed by atoms with Crippen molar-refractivity contribution in [1.29, 1.82) is 0 Å². The maximum Gasteiger partial charge on any atom is 0.0463 e. The first-order valence-corrected chi connectivity index (χ1v) is 34.3. The summed E-state index contributed by atoms with van der Waals surface area (Å²) in [5, 5.41) is 0. The predicted octanol–water partition coefficient (Wildman–Crippen LogP) is 26.1. The highest BCUT2D eigenvalue weighted by Gasteiger charge is 2.43. The molecule has 0 bridgehead atoms. The highest BCUT2D eigenvalue weighted by molar-refractivity contribution is 5.86. The van der Waals surface area contributed by atoms with Gasteiger partial charge in [0.1, 0.15) is 0 Å². The monoisotopic (exact) mass is 1120 g/mol. The number of benzene rings is 7. The van der Waals surface area contributed by atoms with Gasteiger partial charge in [-0.25, -0.2) is 0 Å². The van der Waals surface area contributed by atoms with E-state index in [0.29, 0.717) is 0 Å². The van der Waals surface area contributed by atoms with Gasteiger partial charge in [0.05, 0.1) is 0 Å². The van der Waals surface area contributed by atoms with E-state index in [0.717, 1.165) is 29.9 Å². The highest BCUT2D eigenvalue weighted by atomic mass is 15.2. The molecule has 0 N–H and O–H groups in total. The van der Waals surface area contributed by atoms with E-state index in [1.165, 1.54) is 222 Å². The fraction of sp³-hybridized carbons (Fsp3) is 0.488. The number of aryl methyl sites for hydroxylation is 2. The van der Waals surface area contributed by atoms with Gasteiger partial charge in [0.2, 0.25) is 0 Å². The molecule has 2 heteroatoms. The summed E-state index contributed by atoms with van der Waals surface area (Å²) in [6.07, 6.45) is 34.1. The number of rotatable bonds is 36. The Balaban J connectivity index is 1.16. The number of fused-ring (bicyclic) bond motifs is 3. The maximum atomic E-state index is 2.71. The summed E-state index contributed by atoms with van der Waals surface area (Å²) < 4.78 is 0. The zero-order chi connectivity index (χ0) is 59.4. The van der Waals surface area contributed by atoms with Crippen molar-refractivity contribution in [3.05, 3.63) is 191 Å². The summed E-state index contributed by atoms with van der Waals surface area (Å²) in [6, 6.07) is 62.4. The average molecular weight is 1120 g/mol. The predicted molar refractivity (Wildman–Crippen MR) is 370 cm³/mol. The Morgan fingerprint density at radius 3 is 1.10 bits per heavy atom. The second-order valence-corrected chi connectivity index (χ2v) is 26.8. The van der Waals surface area contributed by atoms with Gasteiger partial charge >= 0.3 is 0 Å². The summed E-state index contributed by atoms with van der Waals surface area (Å²) in [6.45, 7) is 23.7. The molecule has 0 saturated heterocycles. The SMILES string of the molecule is CCCCCCCCC1(CCCCCCCC)c2cc(-c3ccc(N(c4ccc(CCCC)cc4)c4ccc(N(c5ccc(CCCC)cc5)c5ccc(C(C)(C)CCCCC)cc5)cc4)cc3)ccc2-c2ccc(C(C)(C)CCCC)cc21. The Morgan fingerprint density at radius 1 is 0.298 bits per heavy atom. The molecule has 448 valence electrons. The molecular weight excluding hydrogens is 1010 g/mol. The molecule has 8 rings (SSSR count). The van der Waals surface area contributed by atoms with Crippen molar-refractivity contribution in [2.24, 2.45) is 0 Å². The van der Waals surface area contributed by atoms with Crippen molar-refractivity contribution in [2.75, 3.05) is 9.80 Å². The number of hydrogen-bond donors (Lipinski definition) is 0. The van der Waals surface area contributed by atoms with Crippen molar-refractivity contribution >= 4 is 34.1 Å². The van der Waals surface area contributed by atoms with Crippen LogP contribution in [-0.4, -0.2) is 0 Å². The lowest BCUT2D eigenvalue weighted by Gasteiger charge is -2.35. The van der Waals surface area contributed by atoms with Crippen molar-refractivity contribution in [3.8, 4) is 22.3 Å². The molecule has 0 unspecified atom stereocenters. The summed E-state index contributed by atoms with van der Waals surface area (Å²) in [5.41, 5.74) is 21.8. The fourth-order valence-corrected chi connectivity index (χ4v) is 13.8. The molecule has 0 atom stereocenters. The van der Waals surface area contributed by atoms with Gasteiger partial charge in [-0.2, -0.15) is 0 Å². The van der Waals surface area contributed by atoms with Gasteiger partial charge in [-0.3, -0.25) is 0 Å². The van der Waals surface area contributed by atoms with E-state index in [2.05, 4.69) is 237 Å². The van der Waals surface area contributed by atoms with E-state index in [-0.39, 0.29) is 16.2 Å². The third-order valence-electron chi connectivity index (χ3n) is 19.4.